The van der Waals surface area contributed by atoms with Gasteiger partial charge in [0.2, 0.25) is 0 Å². The van der Waals surface area contributed by atoms with Gasteiger partial charge in [-0.1, -0.05) is 72.7 Å². The first kappa shape index (κ1) is 19.7. The van der Waals surface area contributed by atoms with Crippen molar-refractivity contribution in [1.82, 2.24) is 0 Å². The molecule has 0 aliphatic rings. The van der Waals surface area contributed by atoms with Crippen LogP contribution in [-0.2, 0) is 6.42 Å². The van der Waals surface area contributed by atoms with Gasteiger partial charge in [-0.3, -0.25) is 0 Å². The van der Waals surface area contributed by atoms with Gasteiger partial charge in [-0.15, -0.1) is 0 Å². The van der Waals surface area contributed by atoms with Crippen LogP contribution in [0.25, 0.3) is 0 Å². The van der Waals surface area contributed by atoms with Crippen molar-refractivity contribution < 1.29 is 0 Å². The van der Waals surface area contributed by atoms with E-state index in [4.69, 9.17) is 0 Å². The Labute approximate surface area is 97.7 Å². The summed E-state index contributed by atoms with van der Waals surface area (Å²) in [6, 6.07) is 8.49. The maximum Gasteiger partial charge on any atom is -0.0305 e. The van der Waals surface area contributed by atoms with E-state index in [9.17, 15) is 0 Å². The average molecular weight is 210 g/mol. The van der Waals surface area contributed by atoms with Crippen LogP contribution in [0.4, 0.5) is 0 Å². The van der Waals surface area contributed by atoms with E-state index in [0.29, 0.717) is 0 Å². The van der Waals surface area contributed by atoms with Gasteiger partial charge in [0.25, 0.3) is 0 Å². The normalized spacial score (nSPS) is 7.33. The van der Waals surface area contributed by atoms with Crippen LogP contribution >= 0.6 is 0 Å². The lowest BCUT2D eigenvalue weighted by atomic mass is 10.1. The molecular weight excluding hydrogens is 180 g/mol. The van der Waals surface area contributed by atoms with E-state index in [1.165, 1.54) is 17.5 Å². The van der Waals surface area contributed by atoms with E-state index in [0.717, 1.165) is 6.42 Å². The summed E-state index contributed by atoms with van der Waals surface area (Å²) in [6.45, 7) is 12.6. The van der Waals surface area contributed by atoms with Gasteiger partial charge in [-0.2, -0.15) is 0 Å². The Morgan fingerprint density at radius 3 is 1.60 bits per heavy atom. The largest absolute Gasteiger partial charge is 0.0776 e. The van der Waals surface area contributed by atoms with E-state index < -0.39 is 0 Å². The highest BCUT2D eigenvalue weighted by Gasteiger charge is 1.89. The number of hydrogen-bond donors (Lipinski definition) is 0. The third-order valence-corrected chi connectivity index (χ3v) is 1.64. The van der Waals surface area contributed by atoms with Crippen molar-refractivity contribution in [3.8, 4) is 0 Å². The lowest BCUT2D eigenvalue weighted by Gasteiger charge is -1.98. The molecule has 15 heavy (non-hydrogen) atoms. The monoisotopic (exact) mass is 210 g/mol. The number of benzene rings is 1. The lowest BCUT2D eigenvalue weighted by Crippen LogP contribution is -1.82. The molecule has 0 aliphatic carbocycles. The summed E-state index contributed by atoms with van der Waals surface area (Å²) in [5.41, 5.74) is 2.86. The van der Waals surface area contributed by atoms with Gasteiger partial charge in [0.05, 0.1) is 0 Å². The van der Waals surface area contributed by atoms with Gasteiger partial charge < -0.3 is 0 Å². The molecule has 0 radical (unpaired) electrons. The molecule has 0 N–H and O–H groups in total. The van der Waals surface area contributed by atoms with Crippen molar-refractivity contribution in [3.63, 3.8) is 0 Å². The zero-order valence-corrected chi connectivity index (χ0v) is 10.7. The van der Waals surface area contributed by atoms with Gasteiger partial charge in [0, 0.05) is 0 Å². The van der Waals surface area contributed by atoms with Crippen LogP contribution in [0, 0.1) is 6.92 Å². The second-order valence-electron chi connectivity index (χ2n) is 2.99. The van der Waals surface area contributed by atoms with E-state index in [2.05, 4.69) is 52.0 Å². The number of hydrogen-bond acceptors (Lipinski definition) is 0. The molecule has 90 valence electrons. The van der Waals surface area contributed by atoms with Crippen LogP contribution in [0.2, 0.25) is 0 Å². The first-order chi connectivity index (χ1) is 6.76. The second-order valence-corrected chi connectivity index (χ2v) is 2.99. The van der Waals surface area contributed by atoms with E-state index in [-0.39, 0.29) is 7.43 Å². The number of rotatable bonds is 1. The Kier molecular flexibility index (Phi) is 20.6. The number of aryl methyl sites for hydroxylation is 2. The van der Waals surface area contributed by atoms with Crippen LogP contribution in [0.1, 0.15) is 59.6 Å². The summed E-state index contributed by atoms with van der Waals surface area (Å²) in [5.74, 6) is 0. The molecule has 0 unspecified atom stereocenters. The minimum Gasteiger partial charge on any atom is -0.0776 e. The molecule has 1 aromatic carbocycles. The molecule has 0 amide bonds. The molecule has 0 spiro atoms. The van der Waals surface area contributed by atoms with Gasteiger partial charge in [-0.25, -0.2) is 0 Å². The van der Waals surface area contributed by atoms with Crippen molar-refractivity contribution in [2.24, 2.45) is 0 Å². The standard InChI is InChI=1S/C9H12.C3H8.C2H6.CH4/c1-3-9-7-5-4-6-8(9)2;1-3-2;1-2;/h4-7H,3H2,1-2H3;3H2,1-2H3;1-2H3;1H4. The SMILES string of the molecule is C.CC.CCC.CCc1ccccc1C. The highest BCUT2D eigenvalue weighted by atomic mass is 13.9. The summed E-state index contributed by atoms with van der Waals surface area (Å²) in [6.07, 6.45) is 2.40. The van der Waals surface area contributed by atoms with Crippen LogP contribution in [0.15, 0.2) is 24.3 Å². The average Bonchev–Trinajstić information content (AvgIpc) is 2.23. The molecule has 0 atom stereocenters. The molecule has 0 nitrogen and oxygen atoms in total. The van der Waals surface area contributed by atoms with Crippen LogP contribution in [-0.4, -0.2) is 0 Å². The molecule has 0 aromatic heterocycles. The van der Waals surface area contributed by atoms with Crippen LogP contribution in [0.3, 0.4) is 0 Å². The van der Waals surface area contributed by atoms with Gasteiger partial charge in [-0.05, 0) is 24.5 Å². The Morgan fingerprint density at radius 1 is 0.933 bits per heavy atom. The van der Waals surface area contributed by atoms with E-state index in [1.807, 2.05) is 13.8 Å². The minimum absolute atomic E-state index is 0. The Morgan fingerprint density at radius 2 is 1.33 bits per heavy atom. The Hall–Kier alpha value is -0.780. The van der Waals surface area contributed by atoms with Crippen molar-refractivity contribution in [3.05, 3.63) is 35.4 Å². The minimum atomic E-state index is 0. The fourth-order valence-electron chi connectivity index (χ4n) is 1.01. The summed E-state index contributed by atoms with van der Waals surface area (Å²) in [5, 5.41) is 0. The molecular formula is C15H30. The third kappa shape index (κ3) is 11.1. The predicted octanol–water partition coefficient (Wildman–Crippen LogP) is 5.64. The molecule has 0 fully saturated rings. The molecule has 0 aliphatic heterocycles. The maximum absolute atomic E-state index is 2.18. The Bertz CT molecular complexity index is 201. The molecule has 0 bridgehead atoms. The molecule has 1 rings (SSSR count). The van der Waals surface area contributed by atoms with Crippen LogP contribution in [0.5, 0.6) is 0 Å². The molecule has 0 saturated carbocycles. The van der Waals surface area contributed by atoms with Crippen molar-refractivity contribution in [2.75, 3.05) is 0 Å². The van der Waals surface area contributed by atoms with Crippen LogP contribution < -0.4 is 0 Å². The fourth-order valence-corrected chi connectivity index (χ4v) is 1.01. The van der Waals surface area contributed by atoms with Gasteiger partial charge in [0.1, 0.15) is 0 Å². The van der Waals surface area contributed by atoms with Crippen molar-refractivity contribution >= 4 is 0 Å². The zero-order valence-electron chi connectivity index (χ0n) is 10.7. The van der Waals surface area contributed by atoms with E-state index >= 15 is 0 Å². The quantitative estimate of drug-likeness (QED) is 0.563. The maximum atomic E-state index is 2.18. The smallest absolute Gasteiger partial charge is 0.0305 e. The van der Waals surface area contributed by atoms with Crippen molar-refractivity contribution in [2.45, 2.75) is 61.8 Å². The molecule has 0 heteroatoms. The molecule has 0 heterocycles. The Balaban J connectivity index is -0.000000209. The second kappa shape index (κ2) is 15.7. The summed E-state index contributed by atoms with van der Waals surface area (Å²) in [4.78, 5) is 0. The predicted molar refractivity (Wildman–Crippen MR) is 74.6 cm³/mol. The lowest BCUT2D eigenvalue weighted by molar-refractivity contribution is 1.09. The molecule has 1 aromatic rings. The highest BCUT2D eigenvalue weighted by molar-refractivity contribution is 5.24. The topological polar surface area (TPSA) is 0 Å². The first-order valence-electron chi connectivity index (χ1n) is 5.80. The summed E-state index contributed by atoms with van der Waals surface area (Å²) < 4.78 is 0. The van der Waals surface area contributed by atoms with Crippen molar-refractivity contribution in [1.29, 1.82) is 0 Å². The summed E-state index contributed by atoms with van der Waals surface area (Å²) >= 11 is 0. The summed E-state index contributed by atoms with van der Waals surface area (Å²) in [7, 11) is 0. The first-order valence-corrected chi connectivity index (χ1v) is 5.80. The fraction of sp³-hybridized carbons (Fsp3) is 0.600. The molecule has 0 saturated heterocycles. The zero-order chi connectivity index (χ0) is 11.4. The third-order valence-electron chi connectivity index (χ3n) is 1.64. The van der Waals surface area contributed by atoms with Gasteiger partial charge >= 0.3 is 0 Å². The van der Waals surface area contributed by atoms with E-state index in [1.54, 1.807) is 0 Å². The highest BCUT2D eigenvalue weighted by Crippen LogP contribution is 2.06. The van der Waals surface area contributed by atoms with Gasteiger partial charge in [0.15, 0.2) is 0 Å².